The molecule has 1 aromatic rings. The normalized spacial score (nSPS) is 21.8. The first-order valence-corrected chi connectivity index (χ1v) is 10.4. The van der Waals surface area contributed by atoms with Gasteiger partial charge in [-0.15, -0.1) is 0 Å². The third-order valence-electron chi connectivity index (χ3n) is 5.44. The molecule has 0 spiro atoms. The van der Waals surface area contributed by atoms with Gasteiger partial charge in [-0.05, 0) is 37.1 Å². The molecule has 2 aliphatic rings. The summed E-state index contributed by atoms with van der Waals surface area (Å²) >= 11 is 0. The largest absolute Gasteiger partial charge is 2.00 e. The summed E-state index contributed by atoms with van der Waals surface area (Å²) in [5.74, 6) is -4.21. The summed E-state index contributed by atoms with van der Waals surface area (Å²) in [6, 6.07) is 3.35. The number of amides is 3. The summed E-state index contributed by atoms with van der Waals surface area (Å²) in [6.07, 6.45) is -0.956. The molecule has 0 aliphatic carbocycles. The minimum atomic E-state index is -1.60. The maximum atomic E-state index is 12.3. The molecular weight excluding hydrogens is 490 g/mol. The molecule has 1 aromatic carbocycles. The molecular formula is C20H23CaN7O7. The van der Waals surface area contributed by atoms with Gasteiger partial charge in [-0.3, -0.25) is 25.0 Å². The van der Waals surface area contributed by atoms with Gasteiger partial charge in [-0.2, -0.15) is 0 Å². The van der Waals surface area contributed by atoms with E-state index in [1.807, 2.05) is 0 Å². The molecule has 14 nitrogen and oxygen atoms in total. The quantitative estimate of drug-likeness (QED) is 0.148. The number of benzene rings is 1. The van der Waals surface area contributed by atoms with Crippen LogP contribution in [0.4, 0.5) is 5.69 Å². The van der Waals surface area contributed by atoms with Crippen LogP contribution in [0.5, 0.6) is 0 Å². The number of piperazine rings is 1. The van der Waals surface area contributed by atoms with Crippen LogP contribution in [0.25, 0.3) is 0 Å². The van der Waals surface area contributed by atoms with Gasteiger partial charge >= 0.3 is 37.7 Å². The van der Waals surface area contributed by atoms with E-state index in [1.165, 1.54) is 17.0 Å². The molecule has 0 saturated carbocycles. The van der Waals surface area contributed by atoms with E-state index in [0.717, 1.165) is 0 Å². The molecule has 0 radical (unpaired) electrons. The van der Waals surface area contributed by atoms with Crippen molar-refractivity contribution in [3.8, 4) is 0 Å². The molecule has 6 N–H and O–H groups in total. The van der Waals surface area contributed by atoms with Crippen LogP contribution >= 0.6 is 0 Å². The van der Waals surface area contributed by atoms with Gasteiger partial charge in [0.25, 0.3) is 11.8 Å². The summed E-state index contributed by atoms with van der Waals surface area (Å²) in [6.45, 7) is 0.636. The third kappa shape index (κ3) is 7.27. The second-order valence-corrected chi connectivity index (χ2v) is 7.72. The number of nitrogens with one attached hydrogen (secondary N) is 4. The predicted molar refractivity (Wildman–Crippen MR) is 118 cm³/mol. The summed E-state index contributed by atoms with van der Waals surface area (Å²) < 4.78 is 0. The number of rotatable bonds is 10. The van der Waals surface area contributed by atoms with E-state index < -0.39 is 48.4 Å². The Morgan fingerprint density at radius 1 is 1.26 bits per heavy atom. The number of carbonyl (C=O) groups excluding carboxylic acids is 5. The maximum absolute atomic E-state index is 12.3. The van der Waals surface area contributed by atoms with Crippen LogP contribution in [0.15, 0.2) is 29.3 Å². The van der Waals surface area contributed by atoms with E-state index in [1.54, 1.807) is 12.1 Å². The Labute approximate surface area is 229 Å². The average Bonchev–Trinajstić information content (AvgIpc) is 2.79. The third-order valence-corrected chi connectivity index (χ3v) is 5.44. The topological polar surface area (TPSA) is 221 Å². The zero-order chi connectivity index (χ0) is 24.8. The first-order valence-electron chi connectivity index (χ1n) is 10.4. The van der Waals surface area contributed by atoms with E-state index in [9.17, 15) is 34.2 Å². The van der Waals surface area contributed by atoms with Gasteiger partial charge in [0.1, 0.15) is 12.2 Å². The minimum Gasteiger partial charge on any atom is -0.550 e. The second kappa shape index (κ2) is 12.7. The number of carboxylic acid groups (broad SMARTS) is 2. The van der Waals surface area contributed by atoms with E-state index in [2.05, 4.69) is 26.3 Å². The summed E-state index contributed by atoms with van der Waals surface area (Å²) in [5, 5.41) is 32.5. The maximum Gasteiger partial charge on any atom is 2.00 e. The Bertz CT molecular complexity index is 1000. The van der Waals surface area contributed by atoms with Crippen molar-refractivity contribution in [3.05, 3.63) is 29.8 Å². The van der Waals surface area contributed by atoms with Gasteiger partial charge in [-0.25, -0.2) is 4.99 Å². The molecule has 182 valence electrons. The van der Waals surface area contributed by atoms with Crippen molar-refractivity contribution < 1.29 is 34.2 Å². The van der Waals surface area contributed by atoms with Crippen molar-refractivity contribution in [2.24, 2.45) is 10.7 Å². The average molecular weight is 514 g/mol. The Morgan fingerprint density at radius 2 is 1.94 bits per heavy atom. The minimum absolute atomic E-state index is 0. The molecule has 4 atom stereocenters. The molecule has 0 bridgehead atoms. The molecule has 3 amide bonds. The first-order chi connectivity index (χ1) is 16.2. The molecule has 4 unspecified atom stereocenters. The van der Waals surface area contributed by atoms with Crippen molar-refractivity contribution in [1.82, 2.24) is 20.9 Å². The molecule has 2 heterocycles. The Balaban J connectivity index is 0.00000432. The number of nitrogens with two attached hydrogens (primary N) is 1. The van der Waals surface area contributed by atoms with Crippen molar-refractivity contribution in [2.45, 2.75) is 37.1 Å². The zero-order valence-corrected chi connectivity index (χ0v) is 20.8. The van der Waals surface area contributed by atoms with E-state index in [0.29, 0.717) is 18.6 Å². The van der Waals surface area contributed by atoms with Gasteiger partial charge in [0.15, 0.2) is 5.96 Å². The van der Waals surface area contributed by atoms with Gasteiger partial charge in [-0.1, -0.05) is 0 Å². The van der Waals surface area contributed by atoms with Crippen LogP contribution in [0.2, 0.25) is 0 Å². The number of carbonyl (C=O) groups is 5. The number of nitrogens with zero attached hydrogens (tertiary/aromatic N) is 2. The van der Waals surface area contributed by atoms with Gasteiger partial charge in [0.2, 0.25) is 6.41 Å². The van der Waals surface area contributed by atoms with Crippen molar-refractivity contribution >= 4 is 79.5 Å². The van der Waals surface area contributed by atoms with E-state index in [4.69, 9.17) is 5.73 Å². The monoisotopic (exact) mass is 513 g/mol. The fourth-order valence-electron chi connectivity index (χ4n) is 3.70. The fraction of sp³-hybridized carbons (Fsp3) is 0.400. The molecule has 0 aromatic heterocycles. The summed E-state index contributed by atoms with van der Waals surface area (Å²) in [7, 11) is 0. The number of anilines is 1. The number of guanidine groups is 1. The number of hydrogen-bond donors (Lipinski definition) is 5. The molecule has 35 heavy (non-hydrogen) atoms. The predicted octanol–water partition coefficient (Wildman–Crippen LogP) is -5.33. The molecule has 1 fully saturated rings. The molecule has 3 rings (SSSR count). The van der Waals surface area contributed by atoms with Gasteiger partial charge < -0.3 is 41.1 Å². The van der Waals surface area contributed by atoms with Gasteiger partial charge in [0, 0.05) is 30.3 Å². The molecule has 15 heteroatoms. The molecule has 1 saturated heterocycles. The fourth-order valence-corrected chi connectivity index (χ4v) is 3.70. The summed E-state index contributed by atoms with van der Waals surface area (Å²) in [4.78, 5) is 63.4. The van der Waals surface area contributed by atoms with Crippen LogP contribution in [0, 0.1) is 0 Å². The Kier molecular flexibility index (Phi) is 10.2. The standard InChI is InChI=1S/C20H25N7O7.Ca/c21-20-25-16-15(18(32)26-20)27(9-28)12(8-23-16)7-22-11-3-1-10(2-4-11)17(31)24-13(19(33)34)5-6-14(29)30;/h1-4,9,12-13,15-16,22-23H,5-8H2,(H,24,31)(H,29,30)(H,33,34)(H3,21,25,26,32);/q;+2/p-2. The van der Waals surface area contributed by atoms with Crippen molar-refractivity contribution in [3.63, 3.8) is 0 Å². The van der Waals surface area contributed by atoms with Gasteiger partial charge in [0.05, 0.1) is 18.1 Å². The number of hydrogen-bond acceptors (Lipinski definition) is 11. The number of aliphatic carboxylic acids is 2. The van der Waals surface area contributed by atoms with E-state index >= 15 is 0 Å². The first kappa shape index (κ1) is 28.3. The Morgan fingerprint density at radius 3 is 2.54 bits per heavy atom. The second-order valence-electron chi connectivity index (χ2n) is 7.72. The van der Waals surface area contributed by atoms with Crippen molar-refractivity contribution in [2.75, 3.05) is 18.4 Å². The number of fused-ring (bicyclic) bond motifs is 1. The van der Waals surface area contributed by atoms with Crippen LogP contribution in [-0.2, 0) is 19.2 Å². The van der Waals surface area contributed by atoms with Crippen LogP contribution in [0.3, 0.4) is 0 Å². The zero-order valence-electron chi connectivity index (χ0n) is 18.6. The van der Waals surface area contributed by atoms with Crippen LogP contribution < -0.4 is 37.2 Å². The smallest absolute Gasteiger partial charge is 0.550 e. The van der Waals surface area contributed by atoms with Crippen LogP contribution in [0.1, 0.15) is 23.2 Å². The number of carboxylic acids is 2. The number of aliphatic imine (C=N–C) groups is 1. The van der Waals surface area contributed by atoms with E-state index in [-0.39, 0.29) is 68.3 Å². The molecule has 2 aliphatic heterocycles. The van der Waals surface area contributed by atoms with Crippen LogP contribution in [-0.4, -0.2) is 116 Å². The summed E-state index contributed by atoms with van der Waals surface area (Å²) in [5.41, 5.74) is 6.32. The Hall–Kier alpha value is -2.94. The van der Waals surface area contributed by atoms with Crippen molar-refractivity contribution in [1.29, 1.82) is 0 Å². The SMILES string of the molecule is NC1=NC2NCC(CNc3ccc(C(=O)NC(CCC(=O)[O-])C(=O)[O-])cc3)N(C=O)C2C(=O)N1.[Ca+2].